The molecule has 0 saturated carbocycles. The molecule has 118 valence electrons. The van der Waals surface area contributed by atoms with Gasteiger partial charge in [0.05, 0.1) is 25.4 Å². The molecule has 4 nitrogen and oxygen atoms in total. The topological polar surface area (TPSA) is 53.3 Å². The van der Waals surface area contributed by atoms with Crippen molar-refractivity contribution in [1.82, 2.24) is 0 Å². The summed E-state index contributed by atoms with van der Waals surface area (Å²) in [5.74, 6) is 1.07. The summed E-state index contributed by atoms with van der Waals surface area (Å²) in [6.45, 7) is 0.401. The number of hydrogen-bond acceptors (Lipinski definition) is 4. The number of thioether (sulfide) groups is 1. The molecule has 0 aliphatic rings. The average molecular weight is 326 g/mol. The van der Waals surface area contributed by atoms with Crippen LogP contribution in [0.4, 0.5) is 5.69 Å². The Kier molecular flexibility index (Phi) is 6.52. The number of anilines is 1. The van der Waals surface area contributed by atoms with Gasteiger partial charge in [0.15, 0.2) is 0 Å². The van der Waals surface area contributed by atoms with Crippen molar-refractivity contribution in [1.29, 1.82) is 5.26 Å². The average Bonchev–Trinajstić information content (AvgIpc) is 2.61. The van der Waals surface area contributed by atoms with Gasteiger partial charge in [-0.1, -0.05) is 24.3 Å². The van der Waals surface area contributed by atoms with Crippen LogP contribution in [0.2, 0.25) is 0 Å². The summed E-state index contributed by atoms with van der Waals surface area (Å²) in [4.78, 5) is 15.2. The van der Waals surface area contributed by atoms with Crippen LogP contribution in [0.3, 0.4) is 0 Å². The molecular formula is C18H18N2O2S. The minimum absolute atomic E-state index is 0.0146. The number of rotatable bonds is 7. The minimum Gasteiger partial charge on any atom is -0.497 e. The minimum atomic E-state index is -0.0146. The Morgan fingerprint density at radius 3 is 2.70 bits per heavy atom. The number of nitrogens with zero attached hydrogens (tertiary/aromatic N) is 2. The largest absolute Gasteiger partial charge is 0.497 e. The van der Waals surface area contributed by atoms with Gasteiger partial charge in [-0.2, -0.15) is 5.26 Å². The third-order valence-corrected chi connectivity index (χ3v) is 4.20. The predicted molar refractivity (Wildman–Crippen MR) is 92.7 cm³/mol. The summed E-state index contributed by atoms with van der Waals surface area (Å²) < 4.78 is 5.19. The van der Waals surface area contributed by atoms with Crippen molar-refractivity contribution in [2.75, 3.05) is 24.3 Å². The molecule has 0 heterocycles. The fraction of sp³-hybridized carbons (Fsp3) is 0.222. The third-order valence-electron chi connectivity index (χ3n) is 3.22. The molecule has 0 aliphatic heterocycles. The first-order chi connectivity index (χ1) is 11.2. The summed E-state index contributed by atoms with van der Waals surface area (Å²) in [5.41, 5.74) is 0.819. The Labute approximate surface area is 140 Å². The third kappa shape index (κ3) is 5.04. The van der Waals surface area contributed by atoms with Gasteiger partial charge in [0, 0.05) is 17.1 Å². The number of ether oxygens (including phenoxy) is 1. The van der Waals surface area contributed by atoms with Gasteiger partial charge in [-0.25, -0.2) is 0 Å². The smallest absolute Gasteiger partial charge is 0.237 e. The molecule has 2 aromatic rings. The van der Waals surface area contributed by atoms with E-state index in [1.54, 1.807) is 12.0 Å². The fourth-order valence-corrected chi connectivity index (χ4v) is 2.90. The highest BCUT2D eigenvalue weighted by atomic mass is 32.2. The molecule has 0 aliphatic carbocycles. The first-order valence-electron chi connectivity index (χ1n) is 7.24. The van der Waals surface area contributed by atoms with Crippen LogP contribution >= 0.6 is 11.8 Å². The van der Waals surface area contributed by atoms with Gasteiger partial charge < -0.3 is 9.64 Å². The molecule has 0 spiro atoms. The van der Waals surface area contributed by atoms with Gasteiger partial charge in [0.2, 0.25) is 5.91 Å². The number of hydrogen-bond donors (Lipinski definition) is 0. The van der Waals surface area contributed by atoms with E-state index in [9.17, 15) is 4.79 Å². The normalized spacial score (nSPS) is 9.91. The number of carbonyl (C=O) groups is 1. The fourth-order valence-electron chi connectivity index (χ4n) is 2.08. The zero-order chi connectivity index (χ0) is 16.5. The molecule has 0 fully saturated rings. The monoisotopic (exact) mass is 326 g/mol. The molecule has 23 heavy (non-hydrogen) atoms. The van der Waals surface area contributed by atoms with E-state index in [0.29, 0.717) is 18.7 Å². The van der Waals surface area contributed by atoms with Crippen LogP contribution in [-0.2, 0) is 4.79 Å². The van der Waals surface area contributed by atoms with Crippen molar-refractivity contribution >= 4 is 23.4 Å². The number of para-hydroxylation sites is 1. The molecule has 0 N–H and O–H groups in total. The van der Waals surface area contributed by atoms with Crippen molar-refractivity contribution in [3.8, 4) is 11.8 Å². The Morgan fingerprint density at radius 1 is 1.22 bits per heavy atom. The molecular weight excluding hydrogens is 308 g/mol. The van der Waals surface area contributed by atoms with Crippen molar-refractivity contribution in [2.45, 2.75) is 11.3 Å². The first kappa shape index (κ1) is 16.9. The van der Waals surface area contributed by atoms with Crippen molar-refractivity contribution in [2.24, 2.45) is 0 Å². The second kappa shape index (κ2) is 8.86. The second-order valence-corrected chi connectivity index (χ2v) is 5.81. The predicted octanol–water partition coefficient (Wildman–Crippen LogP) is 3.73. The zero-order valence-corrected chi connectivity index (χ0v) is 13.8. The Hall–Kier alpha value is -2.45. The van der Waals surface area contributed by atoms with E-state index in [-0.39, 0.29) is 5.91 Å². The van der Waals surface area contributed by atoms with Crippen LogP contribution in [0.1, 0.15) is 6.42 Å². The Balaban J connectivity index is 2.04. The van der Waals surface area contributed by atoms with Crippen LogP contribution in [0.5, 0.6) is 5.75 Å². The molecule has 2 rings (SSSR count). The molecule has 0 radical (unpaired) electrons. The molecule has 5 heteroatoms. The highest BCUT2D eigenvalue weighted by Gasteiger charge is 2.15. The molecule has 0 saturated heterocycles. The lowest BCUT2D eigenvalue weighted by molar-refractivity contribution is -0.116. The van der Waals surface area contributed by atoms with Gasteiger partial charge >= 0.3 is 0 Å². The summed E-state index contributed by atoms with van der Waals surface area (Å²) in [6.07, 6.45) is 0.310. The van der Waals surface area contributed by atoms with E-state index >= 15 is 0 Å². The van der Waals surface area contributed by atoms with E-state index < -0.39 is 0 Å². The van der Waals surface area contributed by atoms with Crippen LogP contribution in [0.15, 0.2) is 59.5 Å². The van der Waals surface area contributed by atoms with E-state index in [0.717, 1.165) is 16.3 Å². The van der Waals surface area contributed by atoms with E-state index in [2.05, 4.69) is 6.07 Å². The summed E-state index contributed by atoms with van der Waals surface area (Å²) >= 11 is 1.46. The number of carbonyl (C=O) groups excluding carboxylic acids is 1. The zero-order valence-electron chi connectivity index (χ0n) is 12.9. The number of amides is 1. The maximum Gasteiger partial charge on any atom is 0.237 e. The molecule has 1 amide bonds. The molecule has 0 unspecified atom stereocenters. The van der Waals surface area contributed by atoms with Gasteiger partial charge in [-0.15, -0.1) is 11.8 Å². The lowest BCUT2D eigenvalue weighted by atomic mass is 10.2. The number of methoxy groups -OCH3 is 1. The summed E-state index contributed by atoms with van der Waals surface area (Å²) in [6, 6.07) is 19.2. The first-order valence-corrected chi connectivity index (χ1v) is 8.22. The number of benzene rings is 2. The van der Waals surface area contributed by atoms with Crippen LogP contribution < -0.4 is 9.64 Å². The van der Waals surface area contributed by atoms with Crippen molar-refractivity contribution in [3.63, 3.8) is 0 Å². The van der Waals surface area contributed by atoms with E-state index in [4.69, 9.17) is 10.00 Å². The van der Waals surface area contributed by atoms with Crippen LogP contribution in [0.25, 0.3) is 0 Å². The SMILES string of the molecule is COc1cccc(SCC(=O)N(CCC#N)c2ccccc2)c1. The Bertz CT molecular complexity index is 683. The van der Waals surface area contributed by atoms with Gasteiger partial charge in [0.1, 0.15) is 5.75 Å². The summed E-state index contributed by atoms with van der Waals surface area (Å²) in [5, 5.41) is 8.80. The number of nitriles is 1. The van der Waals surface area contributed by atoms with Crippen molar-refractivity contribution in [3.05, 3.63) is 54.6 Å². The molecule has 0 bridgehead atoms. The maximum atomic E-state index is 12.5. The lowest BCUT2D eigenvalue weighted by Crippen LogP contribution is -2.33. The quantitative estimate of drug-likeness (QED) is 0.727. The highest BCUT2D eigenvalue weighted by Crippen LogP contribution is 2.24. The van der Waals surface area contributed by atoms with Gasteiger partial charge in [-0.3, -0.25) is 4.79 Å². The molecule has 2 aromatic carbocycles. The summed E-state index contributed by atoms with van der Waals surface area (Å²) in [7, 11) is 1.62. The lowest BCUT2D eigenvalue weighted by Gasteiger charge is -2.21. The van der Waals surface area contributed by atoms with E-state index in [1.165, 1.54) is 11.8 Å². The Morgan fingerprint density at radius 2 is 2.00 bits per heavy atom. The van der Waals surface area contributed by atoms with Crippen molar-refractivity contribution < 1.29 is 9.53 Å². The molecule has 0 aromatic heterocycles. The maximum absolute atomic E-state index is 12.5. The van der Waals surface area contributed by atoms with Gasteiger partial charge in [-0.05, 0) is 30.3 Å². The van der Waals surface area contributed by atoms with Crippen LogP contribution in [-0.4, -0.2) is 25.3 Å². The van der Waals surface area contributed by atoms with E-state index in [1.807, 2.05) is 54.6 Å². The highest BCUT2D eigenvalue weighted by molar-refractivity contribution is 8.00. The second-order valence-electron chi connectivity index (χ2n) is 4.76. The van der Waals surface area contributed by atoms with Gasteiger partial charge in [0.25, 0.3) is 0 Å². The molecule has 0 atom stereocenters. The van der Waals surface area contributed by atoms with Crippen LogP contribution in [0, 0.1) is 11.3 Å². The standard InChI is InChI=1S/C18H18N2O2S/c1-22-16-9-5-10-17(13-16)23-14-18(21)20(12-6-11-19)15-7-3-2-4-8-15/h2-5,7-10,13H,6,12,14H2,1H3.